The van der Waals surface area contributed by atoms with Crippen molar-refractivity contribution in [1.29, 1.82) is 0 Å². The molecule has 1 fully saturated rings. The lowest BCUT2D eigenvalue weighted by Crippen LogP contribution is -2.54. The van der Waals surface area contributed by atoms with E-state index in [1.807, 2.05) is 6.07 Å². The van der Waals surface area contributed by atoms with Crippen LogP contribution in [-0.4, -0.2) is 41.0 Å². The van der Waals surface area contributed by atoms with Gasteiger partial charge in [-0.25, -0.2) is 4.79 Å². The summed E-state index contributed by atoms with van der Waals surface area (Å²) in [7, 11) is 0. The molecule has 1 saturated heterocycles. The number of likely N-dealkylation sites (tertiary alicyclic amines) is 1. The number of benzene rings is 1. The molecule has 7 heteroatoms. The lowest BCUT2D eigenvalue weighted by atomic mass is 9.97. The SMILES string of the molecule is O=C(OCc1ccccc1)N1CCCCC1C(O)C(F)(F)F. The number of piperidine rings is 1. The number of carbonyl (C=O) groups excluding carboxylic acids is 1. The van der Waals surface area contributed by atoms with E-state index < -0.39 is 24.4 Å². The Balaban J connectivity index is 1.99. The van der Waals surface area contributed by atoms with Crippen LogP contribution in [0, 0.1) is 0 Å². The van der Waals surface area contributed by atoms with Gasteiger partial charge in [0.2, 0.25) is 0 Å². The van der Waals surface area contributed by atoms with Gasteiger partial charge in [0.15, 0.2) is 6.10 Å². The van der Waals surface area contributed by atoms with Crippen LogP contribution in [0.5, 0.6) is 0 Å². The van der Waals surface area contributed by atoms with E-state index in [2.05, 4.69) is 0 Å². The van der Waals surface area contributed by atoms with E-state index in [9.17, 15) is 23.1 Å². The third-order valence-electron chi connectivity index (χ3n) is 3.69. The third kappa shape index (κ3) is 4.13. The summed E-state index contributed by atoms with van der Waals surface area (Å²) in [5.74, 6) is 0. The van der Waals surface area contributed by atoms with Crippen LogP contribution >= 0.6 is 0 Å². The lowest BCUT2D eigenvalue weighted by Gasteiger charge is -2.38. The summed E-state index contributed by atoms with van der Waals surface area (Å²) in [6.45, 7) is 0.149. The Hall–Kier alpha value is -1.76. The van der Waals surface area contributed by atoms with Crippen molar-refractivity contribution < 1.29 is 27.8 Å². The molecule has 1 aliphatic rings. The Labute approximate surface area is 126 Å². The van der Waals surface area contributed by atoms with Crippen molar-refractivity contribution in [3.63, 3.8) is 0 Å². The maximum Gasteiger partial charge on any atom is 0.416 e. The van der Waals surface area contributed by atoms with Gasteiger partial charge in [-0.3, -0.25) is 0 Å². The lowest BCUT2D eigenvalue weighted by molar-refractivity contribution is -0.222. The molecule has 2 rings (SSSR count). The number of nitrogens with zero attached hydrogens (tertiary/aromatic N) is 1. The Morgan fingerprint density at radius 2 is 2.00 bits per heavy atom. The van der Waals surface area contributed by atoms with Crippen molar-refractivity contribution in [1.82, 2.24) is 4.90 Å². The van der Waals surface area contributed by atoms with Crippen LogP contribution in [0.4, 0.5) is 18.0 Å². The van der Waals surface area contributed by atoms with Crippen LogP contribution in [0.1, 0.15) is 24.8 Å². The molecule has 4 nitrogen and oxygen atoms in total. The first-order chi connectivity index (χ1) is 10.4. The van der Waals surface area contributed by atoms with E-state index in [0.29, 0.717) is 12.8 Å². The second-order valence-electron chi connectivity index (χ2n) is 5.28. The van der Waals surface area contributed by atoms with Crippen LogP contribution in [0.2, 0.25) is 0 Å². The highest BCUT2D eigenvalue weighted by Crippen LogP contribution is 2.30. The number of aliphatic hydroxyl groups is 1. The summed E-state index contributed by atoms with van der Waals surface area (Å²) in [4.78, 5) is 13.0. The molecule has 1 N–H and O–H groups in total. The van der Waals surface area contributed by atoms with Crippen molar-refractivity contribution in [3.8, 4) is 0 Å². The predicted octanol–water partition coefficient (Wildman–Crippen LogP) is 3.10. The molecular weight excluding hydrogens is 299 g/mol. The first-order valence-corrected chi connectivity index (χ1v) is 7.11. The smallest absolute Gasteiger partial charge is 0.416 e. The third-order valence-corrected chi connectivity index (χ3v) is 3.69. The van der Waals surface area contributed by atoms with Crippen molar-refractivity contribution in [2.24, 2.45) is 0 Å². The van der Waals surface area contributed by atoms with Gasteiger partial charge in [-0.1, -0.05) is 30.3 Å². The number of rotatable bonds is 3. The largest absolute Gasteiger partial charge is 0.445 e. The average Bonchev–Trinajstić information content (AvgIpc) is 2.52. The topological polar surface area (TPSA) is 49.8 Å². The number of aliphatic hydroxyl groups excluding tert-OH is 1. The second-order valence-corrected chi connectivity index (χ2v) is 5.28. The van der Waals surface area contributed by atoms with E-state index in [1.165, 1.54) is 0 Å². The molecule has 2 atom stereocenters. The van der Waals surface area contributed by atoms with E-state index in [4.69, 9.17) is 4.74 Å². The Morgan fingerprint density at radius 1 is 1.32 bits per heavy atom. The summed E-state index contributed by atoms with van der Waals surface area (Å²) in [6.07, 6.45) is -6.86. The minimum absolute atomic E-state index is 0.00892. The van der Waals surface area contributed by atoms with Crippen molar-refractivity contribution in [3.05, 3.63) is 35.9 Å². The van der Waals surface area contributed by atoms with Gasteiger partial charge in [-0.15, -0.1) is 0 Å². The fourth-order valence-corrected chi connectivity index (χ4v) is 2.53. The van der Waals surface area contributed by atoms with Crippen molar-refractivity contribution in [2.45, 2.75) is 44.2 Å². The van der Waals surface area contributed by atoms with E-state index in [1.54, 1.807) is 24.3 Å². The van der Waals surface area contributed by atoms with Gasteiger partial charge in [0.05, 0.1) is 6.04 Å². The van der Waals surface area contributed by atoms with Crippen LogP contribution in [0.25, 0.3) is 0 Å². The quantitative estimate of drug-likeness (QED) is 0.932. The van der Waals surface area contributed by atoms with Gasteiger partial charge in [-0.2, -0.15) is 13.2 Å². The van der Waals surface area contributed by atoms with Gasteiger partial charge < -0.3 is 14.7 Å². The molecule has 2 unspecified atom stereocenters. The number of halogens is 3. The minimum Gasteiger partial charge on any atom is -0.445 e. The average molecular weight is 317 g/mol. The Kier molecular flexibility index (Phi) is 5.28. The zero-order chi connectivity index (χ0) is 16.2. The number of ether oxygens (including phenoxy) is 1. The zero-order valence-corrected chi connectivity index (χ0v) is 11.9. The van der Waals surface area contributed by atoms with Crippen molar-refractivity contribution in [2.75, 3.05) is 6.54 Å². The highest BCUT2D eigenvalue weighted by atomic mass is 19.4. The molecule has 0 aromatic heterocycles. The monoisotopic (exact) mass is 317 g/mol. The molecule has 0 spiro atoms. The minimum atomic E-state index is -4.75. The molecule has 1 aromatic rings. The maximum atomic E-state index is 12.7. The summed E-state index contributed by atoms with van der Waals surface area (Å²) < 4.78 is 43.1. The number of carbonyl (C=O) groups is 1. The number of amides is 1. The highest BCUT2D eigenvalue weighted by molar-refractivity contribution is 5.68. The second kappa shape index (κ2) is 7.00. The molecule has 0 aliphatic carbocycles. The predicted molar refractivity (Wildman–Crippen MR) is 73.0 cm³/mol. The van der Waals surface area contributed by atoms with Crippen molar-refractivity contribution >= 4 is 6.09 Å². The van der Waals surface area contributed by atoms with Crippen LogP contribution in [-0.2, 0) is 11.3 Å². The molecular formula is C15H18F3NO3. The van der Waals surface area contributed by atoms with E-state index in [-0.39, 0.29) is 19.6 Å². The molecule has 1 heterocycles. The standard InChI is InChI=1S/C15H18F3NO3/c16-15(17,18)13(20)12-8-4-5-9-19(12)14(21)22-10-11-6-2-1-3-7-11/h1-3,6-7,12-13,20H,4-5,8-10H2. The van der Waals surface area contributed by atoms with Gasteiger partial charge >= 0.3 is 12.3 Å². The molecule has 0 saturated carbocycles. The van der Waals surface area contributed by atoms with Gasteiger partial charge in [-0.05, 0) is 24.8 Å². The maximum absolute atomic E-state index is 12.7. The highest BCUT2D eigenvalue weighted by Gasteiger charge is 2.47. The van der Waals surface area contributed by atoms with Crippen LogP contribution in [0.15, 0.2) is 30.3 Å². The van der Waals surface area contributed by atoms with E-state index in [0.717, 1.165) is 10.5 Å². The zero-order valence-electron chi connectivity index (χ0n) is 11.9. The Bertz CT molecular complexity index is 493. The number of hydrogen-bond donors (Lipinski definition) is 1. The molecule has 22 heavy (non-hydrogen) atoms. The summed E-state index contributed by atoms with van der Waals surface area (Å²) in [5, 5.41) is 9.44. The van der Waals surface area contributed by atoms with Gasteiger partial charge in [0, 0.05) is 6.54 Å². The normalized spacial score (nSPS) is 20.5. The molecule has 1 aromatic carbocycles. The molecule has 1 aliphatic heterocycles. The number of hydrogen-bond acceptors (Lipinski definition) is 3. The van der Waals surface area contributed by atoms with Gasteiger partial charge in [0.1, 0.15) is 6.61 Å². The van der Waals surface area contributed by atoms with Crippen LogP contribution < -0.4 is 0 Å². The van der Waals surface area contributed by atoms with Crippen LogP contribution in [0.3, 0.4) is 0 Å². The summed E-state index contributed by atoms with van der Waals surface area (Å²) in [6, 6.07) is 7.60. The first kappa shape index (κ1) is 16.6. The number of alkyl halides is 3. The summed E-state index contributed by atoms with van der Waals surface area (Å²) >= 11 is 0. The van der Waals surface area contributed by atoms with E-state index >= 15 is 0 Å². The van der Waals surface area contributed by atoms with Gasteiger partial charge in [0.25, 0.3) is 0 Å². The first-order valence-electron chi connectivity index (χ1n) is 7.11. The molecule has 122 valence electrons. The molecule has 1 amide bonds. The fraction of sp³-hybridized carbons (Fsp3) is 0.533. The molecule has 0 bridgehead atoms. The molecule has 0 radical (unpaired) electrons. The Morgan fingerprint density at radius 3 is 2.64 bits per heavy atom. The fourth-order valence-electron chi connectivity index (χ4n) is 2.53. The summed E-state index contributed by atoms with van der Waals surface area (Å²) in [5.41, 5.74) is 0.751.